The fourth-order valence-corrected chi connectivity index (χ4v) is 4.18. The quantitative estimate of drug-likeness (QED) is 0.591. The average Bonchev–Trinajstić information content (AvgIpc) is 3.18. The molecule has 0 bridgehead atoms. The van der Waals surface area contributed by atoms with E-state index in [1.165, 1.54) is 32.1 Å². The lowest BCUT2D eigenvalue weighted by Crippen LogP contribution is -2.42. The van der Waals surface area contributed by atoms with Gasteiger partial charge in [-0.15, -0.1) is 0 Å². The Morgan fingerprint density at radius 3 is 2.59 bits per heavy atom. The molecule has 2 fully saturated rings. The minimum Gasteiger partial charge on any atom is -0.378 e. The molecule has 3 rings (SSSR count). The van der Waals surface area contributed by atoms with Gasteiger partial charge in [-0.2, -0.15) is 0 Å². The number of anilines is 1. The van der Waals surface area contributed by atoms with E-state index in [2.05, 4.69) is 22.5 Å². The standard InChI is InChI=1S/C21H33FN4O/c1-3-21(8-4-5-9-21)16-25-20(23-2)24-15-17-6-7-19(18(22)14-17)26-10-12-27-13-11-26/h6-7,14H,3-5,8-13,15-16H2,1-2H3,(H2,23,24,25). The molecule has 0 amide bonds. The summed E-state index contributed by atoms with van der Waals surface area (Å²) in [5.41, 5.74) is 1.98. The van der Waals surface area contributed by atoms with E-state index in [-0.39, 0.29) is 5.82 Å². The lowest BCUT2D eigenvalue weighted by Gasteiger charge is -2.29. The Balaban J connectivity index is 1.52. The first-order valence-electron chi connectivity index (χ1n) is 10.2. The molecule has 0 unspecified atom stereocenters. The van der Waals surface area contributed by atoms with Crippen molar-refractivity contribution in [3.05, 3.63) is 29.6 Å². The summed E-state index contributed by atoms with van der Waals surface area (Å²) >= 11 is 0. The highest BCUT2D eigenvalue weighted by Gasteiger charge is 2.31. The van der Waals surface area contributed by atoms with Gasteiger partial charge in [-0.05, 0) is 42.4 Å². The van der Waals surface area contributed by atoms with E-state index in [0.717, 1.165) is 31.2 Å². The molecule has 0 aromatic heterocycles. The molecule has 1 heterocycles. The number of rotatable bonds is 6. The average molecular weight is 377 g/mol. The van der Waals surface area contributed by atoms with Gasteiger partial charge in [0, 0.05) is 33.2 Å². The third kappa shape index (κ3) is 5.12. The summed E-state index contributed by atoms with van der Waals surface area (Å²) in [6.07, 6.45) is 6.45. The van der Waals surface area contributed by atoms with Crippen molar-refractivity contribution in [2.24, 2.45) is 10.4 Å². The predicted molar refractivity (Wildman–Crippen MR) is 109 cm³/mol. The van der Waals surface area contributed by atoms with Crippen LogP contribution in [0.25, 0.3) is 0 Å². The zero-order valence-corrected chi connectivity index (χ0v) is 16.7. The molecule has 6 heteroatoms. The SMILES string of the molecule is CCC1(CNC(=NC)NCc2ccc(N3CCOCC3)c(F)c2)CCCC1. The summed E-state index contributed by atoms with van der Waals surface area (Å²) in [6.45, 7) is 6.58. The van der Waals surface area contributed by atoms with E-state index >= 15 is 0 Å². The second-order valence-corrected chi connectivity index (χ2v) is 7.73. The van der Waals surface area contributed by atoms with Crippen LogP contribution in [-0.4, -0.2) is 45.9 Å². The van der Waals surface area contributed by atoms with Crippen molar-refractivity contribution in [3.63, 3.8) is 0 Å². The summed E-state index contributed by atoms with van der Waals surface area (Å²) in [7, 11) is 1.78. The molecule has 1 aliphatic heterocycles. The maximum absolute atomic E-state index is 14.5. The maximum Gasteiger partial charge on any atom is 0.191 e. The zero-order chi connectivity index (χ0) is 19.1. The van der Waals surface area contributed by atoms with Gasteiger partial charge in [0.2, 0.25) is 0 Å². The second-order valence-electron chi connectivity index (χ2n) is 7.73. The van der Waals surface area contributed by atoms with Crippen LogP contribution in [0.4, 0.5) is 10.1 Å². The van der Waals surface area contributed by atoms with Crippen LogP contribution < -0.4 is 15.5 Å². The maximum atomic E-state index is 14.5. The molecule has 150 valence electrons. The van der Waals surface area contributed by atoms with E-state index in [4.69, 9.17) is 4.74 Å². The molecule has 2 aliphatic rings. The number of halogens is 1. The highest BCUT2D eigenvalue weighted by Crippen LogP contribution is 2.40. The smallest absolute Gasteiger partial charge is 0.191 e. The van der Waals surface area contributed by atoms with Gasteiger partial charge in [0.1, 0.15) is 5.82 Å². The van der Waals surface area contributed by atoms with Crippen LogP contribution in [0.15, 0.2) is 23.2 Å². The molecule has 1 aromatic rings. The van der Waals surface area contributed by atoms with Gasteiger partial charge in [-0.1, -0.05) is 25.8 Å². The van der Waals surface area contributed by atoms with E-state index in [1.807, 2.05) is 17.0 Å². The van der Waals surface area contributed by atoms with Crippen LogP contribution in [0.3, 0.4) is 0 Å². The topological polar surface area (TPSA) is 48.9 Å². The molecule has 0 radical (unpaired) electrons. The summed E-state index contributed by atoms with van der Waals surface area (Å²) < 4.78 is 19.9. The third-order valence-electron chi connectivity index (χ3n) is 6.09. The Morgan fingerprint density at radius 2 is 1.96 bits per heavy atom. The van der Waals surface area contributed by atoms with Gasteiger partial charge in [-0.25, -0.2) is 4.39 Å². The highest BCUT2D eigenvalue weighted by atomic mass is 19.1. The van der Waals surface area contributed by atoms with E-state index in [0.29, 0.717) is 30.9 Å². The molecule has 1 saturated heterocycles. The zero-order valence-electron chi connectivity index (χ0n) is 16.7. The van der Waals surface area contributed by atoms with E-state index < -0.39 is 0 Å². The minimum atomic E-state index is -0.171. The number of nitrogens with zero attached hydrogens (tertiary/aromatic N) is 2. The lowest BCUT2D eigenvalue weighted by molar-refractivity contribution is 0.122. The van der Waals surface area contributed by atoms with Crippen molar-refractivity contribution in [3.8, 4) is 0 Å². The number of hydrogen-bond acceptors (Lipinski definition) is 3. The van der Waals surface area contributed by atoms with Crippen molar-refractivity contribution in [1.82, 2.24) is 10.6 Å². The number of ether oxygens (including phenoxy) is 1. The molecule has 1 aromatic carbocycles. The third-order valence-corrected chi connectivity index (χ3v) is 6.09. The van der Waals surface area contributed by atoms with Gasteiger partial charge in [0.15, 0.2) is 5.96 Å². The van der Waals surface area contributed by atoms with Gasteiger partial charge >= 0.3 is 0 Å². The molecule has 5 nitrogen and oxygen atoms in total. The Labute approximate surface area is 162 Å². The van der Waals surface area contributed by atoms with Crippen molar-refractivity contribution >= 4 is 11.6 Å². The first kappa shape index (κ1) is 19.9. The number of benzene rings is 1. The van der Waals surface area contributed by atoms with Crippen LogP contribution in [-0.2, 0) is 11.3 Å². The first-order chi connectivity index (χ1) is 13.2. The van der Waals surface area contributed by atoms with E-state index in [9.17, 15) is 4.39 Å². The highest BCUT2D eigenvalue weighted by molar-refractivity contribution is 5.79. The Bertz CT molecular complexity index is 637. The summed E-state index contributed by atoms with van der Waals surface area (Å²) in [5, 5.41) is 6.79. The molecular weight excluding hydrogens is 343 g/mol. The van der Waals surface area contributed by atoms with Crippen LogP contribution in [0.2, 0.25) is 0 Å². The van der Waals surface area contributed by atoms with Gasteiger partial charge in [-0.3, -0.25) is 4.99 Å². The molecule has 0 spiro atoms. The van der Waals surface area contributed by atoms with Crippen molar-refractivity contribution in [2.75, 3.05) is 44.8 Å². The Hall–Kier alpha value is -1.82. The van der Waals surface area contributed by atoms with Crippen LogP contribution in [0.1, 0.15) is 44.6 Å². The Morgan fingerprint density at radius 1 is 1.22 bits per heavy atom. The summed E-state index contributed by atoms with van der Waals surface area (Å²) in [5.74, 6) is 0.613. The minimum absolute atomic E-state index is 0.171. The number of guanidine groups is 1. The predicted octanol–water partition coefficient (Wildman–Crippen LogP) is 3.30. The number of morpholine rings is 1. The van der Waals surface area contributed by atoms with Gasteiger partial charge in [0.05, 0.1) is 18.9 Å². The van der Waals surface area contributed by atoms with Gasteiger partial charge < -0.3 is 20.3 Å². The molecule has 1 saturated carbocycles. The molecule has 27 heavy (non-hydrogen) atoms. The summed E-state index contributed by atoms with van der Waals surface area (Å²) in [4.78, 5) is 6.37. The lowest BCUT2D eigenvalue weighted by atomic mass is 9.83. The van der Waals surface area contributed by atoms with E-state index in [1.54, 1.807) is 13.1 Å². The fraction of sp³-hybridized carbons (Fsp3) is 0.667. The fourth-order valence-electron chi connectivity index (χ4n) is 4.18. The molecule has 0 atom stereocenters. The first-order valence-corrected chi connectivity index (χ1v) is 10.2. The number of hydrogen-bond donors (Lipinski definition) is 2. The van der Waals surface area contributed by atoms with Crippen LogP contribution >= 0.6 is 0 Å². The second kappa shape index (κ2) is 9.40. The largest absolute Gasteiger partial charge is 0.378 e. The normalized spacial score (nSPS) is 20.0. The Kier molecular flexibility index (Phi) is 6.94. The monoisotopic (exact) mass is 376 g/mol. The molecular formula is C21H33FN4O. The van der Waals surface area contributed by atoms with Crippen molar-refractivity contribution < 1.29 is 9.13 Å². The van der Waals surface area contributed by atoms with Crippen molar-refractivity contribution in [1.29, 1.82) is 0 Å². The molecule has 1 aliphatic carbocycles. The van der Waals surface area contributed by atoms with Gasteiger partial charge in [0.25, 0.3) is 0 Å². The number of nitrogens with one attached hydrogen (secondary N) is 2. The molecule has 2 N–H and O–H groups in total. The number of aliphatic imine (C=N–C) groups is 1. The van der Waals surface area contributed by atoms with Crippen LogP contribution in [0, 0.1) is 11.2 Å². The summed E-state index contributed by atoms with van der Waals surface area (Å²) in [6, 6.07) is 5.48. The van der Waals surface area contributed by atoms with Crippen LogP contribution in [0.5, 0.6) is 0 Å². The van der Waals surface area contributed by atoms with Crippen molar-refractivity contribution in [2.45, 2.75) is 45.6 Å².